The van der Waals surface area contributed by atoms with E-state index in [-0.39, 0.29) is 17.8 Å². The van der Waals surface area contributed by atoms with Gasteiger partial charge in [0, 0.05) is 13.1 Å². The Hall–Kier alpha value is -1.68. The van der Waals surface area contributed by atoms with Gasteiger partial charge < -0.3 is 0 Å². The Bertz CT molecular complexity index is 559. The van der Waals surface area contributed by atoms with Crippen LogP contribution in [0.1, 0.15) is 31.4 Å². The molecule has 1 aromatic carbocycles. The van der Waals surface area contributed by atoms with Gasteiger partial charge in [-0.2, -0.15) is 0 Å². The molecular formula is C16H19FN2O. The molecule has 0 spiro atoms. The summed E-state index contributed by atoms with van der Waals surface area (Å²) in [6.07, 6.45) is 3.34. The van der Waals surface area contributed by atoms with Gasteiger partial charge in [-0.1, -0.05) is 18.2 Å². The first kappa shape index (κ1) is 13.3. The molecule has 20 heavy (non-hydrogen) atoms. The number of nitrogens with zero attached hydrogens (tertiary/aromatic N) is 2. The molecule has 3 nitrogen and oxygen atoms in total. The van der Waals surface area contributed by atoms with Crippen LogP contribution in [0, 0.1) is 11.2 Å². The van der Waals surface area contributed by atoms with Crippen LogP contribution in [0.5, 0.6) is 0 Å². The zero-order valence-electron chi connectivity index (χ0n) is 11.7. The second-order valence-corrected chi connectivity index (χ2v) is 5.95. The van der Waals surface area contributed by atoms with Crippen LogP contribution in [0.15, 0.2) is 36.9 Å². The minimum atomic E-state index is -0.395. The van der Waals surface area contributed by atoms with Crippen LogP contribution < -0.4 is 0 Å². The van der Waals surface area contributed by atoms with Crippen molar-refractivity contribution >= 4 is 5.91 Å². The molecule has 4 heteroatoms. The van der Waals surface area contributed by atoms with Crippen LogP contribution in [-0.2, 0) is 4.79 Å². The second kappa shape index (κ2) is 4.70. The first-order chi connectivity index (χ1) is 9.55. The standard InChI is InChI=1S/C16H19FN2O/c1-3-8-16(2)11-18-9-7-14(19(18)15(16)20)12-5-4-6-13(17)10-12/h3-6,10,14H,1,7-9,11H2,2H3/t14-,16?/m0/s1. The lowest BCUT2D eigenvalue weighted by molar-refractivity contribution is -0.142. The number of halogens is 1. The molecule has 0 saturated carbocycles. The molecular weight excluding hydrogens is 255 g/mol. The number of rotatable bonds is 3. The number of amides is 1. The molecule has 2 fully saturated rings. The van der Waals surface area contributed by atoms with Gasteiger partial charge in [-0.05, 0) is 37.5 Å². The van der Waals surface area contributed by atoms with E-state index in [1.165, 1.54) is 12.1 Å². The third-order valence-electron chi connectivity index (χ3n) is 4.34. The number of carbonyl (C=O) groups excluding carboxylic acids is 1. The lowest BCUT2D eigenvalue weighted by Crippen LogP contribution is -2.36. The van der Waals surface area contributed by atoms with Crippen molar-refractivity contribution in [3.63, 3.8) is 0 Å². The summed E-state index contributed by atoms with van der Waals surface area (Å²) < 4.78 is 13.4. The van der Waals surface area contributed by atoms with Crippen molar-refractivity contribution in [2.75, 3.05) is 13.1 Å². The predicted octanol–water partition coefficient (Wildman–Crippen LogP) is 2.91. The molecule has 0 bridgehead atoms. The van der Waals surface area contributed by atoms with Crippen LogP contribution in [0.2, 0.25) is 0 Å². The molecule has 106 valence electrons. The summed E-state index contributed by atoms with van der Waals surface area (Å²) in [5.74, 6) is -0.120. The lowest BCUT2D eigenvalue weighted by atomic mass is 9.86. The van der Waals surface area contributed by atoms with E-state index in [0.29, 0.717) is 6.42 Å². The molecule has 3 rings (SSSR count). The average Bonchev–Trinajstić information content (AvgIpc) is 2.90. The smallest absolute Gasteiger partial charge is 0.245 e. The summed E-state index contributed by atoms with van der Waals surface area (Å²) in [7, 11) is 0. The van der Waals surface area contributed by atoms with Gasteiger partial charge >= 0.3 is 0 Å². The van der Waals surface area contributed by atoms with Gasteiger partial charge in [0.15, 0.2) is 0 Å². The molecule has 0 radical (unpaired) electrons. The van der Waals surface area contributed by atoms with Crippen LogP contribution in [0.25, 0.3) is 0 Å². The highest BCUT2D eigenvalue weighted by molar-refractivity contribution is 5.85. The normalized spacial score (nSPS) is 29.8. The van der Waals surface area contributed by atoms with E-state index in [9.17, 15) is 9.18 Å². The third kappa shape index (κ3) is 1.95. The van der Waals surface area contributed by atoms with E-state index in [1.807, 2.05) is 18.0 Å². The summed E-state index contributed by atoms with van der Waals surface area (Å²) in [6, 6.07) is 6.53. The Kier molecular flexibility index (Phi) is 3.13. The fourth-order valence-corrected chi connectivity index (χ4v) is 3.36. The monoisotopic (exact) mass is 274 g/mol. The molecule has 2 aliphatic rings. The number of fused-ring (bicyclic) bond motifs is 1. The van der Waals surface area contributed by atoms with Crippen LogP contribution in [0.3, 0.4) is 0 Å². The number of hydrogen-bond acceptors (Lipinski definition) is 2. The molecule has 2 aliphatic heterocycles. The van der Waals surface area contributed by atoms with Crippen LogP contribution in [-0.4, -0.2) is 29.0 Å². The van der Waals surface area contributed by atoms with Crippen molar-refractivity contribution in [1.29, 1.82) is 0 Å². The van der Waals surface area contributed by atoms with E-state index < -0.39 is 5.41 Å². The number of benzene rings is 1. The second-order valence-electron chi connectivity index (χ2n) is 5.95. The minimum Gasteiger partial charge on any atom is -0.273 e. The van der Waals surface area contributed by atoms with Crippen molar-refractivity contribution in [2.24, 2.45) is 5.41 Å². The van der Waals surface area contributed by atoms with Crippen molar-refractivity contribution in [2.45, 2.75) is 25.8 Å². The van der Waals surface area contributed by atoms with Gasteiger partial charge in [-0.25, -0.2) is 9.40 Å². The summed E-state index contributed by atoms with van der Waals surface area (Å²) in [5, 5.41) is 3.93. The van der Waals surface area contributed by atoms with E-state index in [0.717, 1.165) is 25.1 Å². The molecule has 0 aliphatic carbocycles. The number of hydrogen-bond donors (Lipinski definition) is 0. The van der Waals surface area contributed by atoms with Crippen molar-refractivity contribution < 1.29 is 9.18 Å². The fourth-order valence-electron chi connectivity index (χ4n) is 3.36. The Morgan fingerprint density at radius 1 is 1.55 bits per heavy atom. The van der Waals surface area contributed by atoms with E-state index in [1.54, 1.807) is 12.1 Å². The Balaban J connectivity index is 1.90. The fraction of sp³-hybridized carbons (Fsp3) is 0.438. The van der Waals surface area contributed by atoms with Crippen molar-refractivity contribution in [3.05, 3.63) is 48.3 Å². The largest absolute Gasteiger partial charge is 0.273 e. The zero-order chi connectivity index (χ0) is 14.3. The highest BCUT2D eigenvalue weighted by atomic mass is 19.1. The molecule has 0 aromatic heterocycles. The summed E-state index contributed by atoms with van der Waals surface area (Å²) >= 11 is 0. The van der Waals surface area contributed by atoms with Crippen LogP contribution in [0.4, 0.5) is 4.39 Å². The number of hydrazine groups is 1. The molecule has 2 heterocycles. The Morgan fingerprint density at radius 3 is 3.05 bits per heavy atom. The van der Waals surface area contributed by atoms with Gasteiger partial charge in [0.25, 0.3) is 0 Å². The lowest BCUT2D eigenvalue weighted by Gasteiger charge is -2.26. The quantitative estimate of drug-likeness (QED) is 0.791. The van der Waals surface area contributed by atoms with Crippen molar-refractivity contribution in [1.82, 2.24) is 10.0 Å². The number of carbonyl (C=O) groups is 1. The van der Waals surface area contributed by atoms with E-state index >= 15 is 0 Å². The Morgan fingerprint density at radius 2 is 2.35 bits per heavy atom. The summed E-state index contributed by atoms with van der Waals surface area (Å²) in [5.41, 5.74) is 0.483. The minimum absolute atomic E-state index is 0.0372. The topological polar surface area (TPSA) is 23.6 Å². The first-order valence-electron chi connectivity index (χ1n) is 7.00. The summed E-state index contributed by atoms with van der Waals surface area (Å²) in [4.78, 5) is 12.7. The third-order valence-corrected chi connectivity index (χ3v) is 4.34. The van der Waals surface area contributed by atoms with Gasteiger partial charge in [0.05, 0.1) is 11.5 Å². The number of allylic oxidation sites excluding steroid dienone is 1. The van der Waals surface area contributed by atoms with Gasteiger partial charge in [0.1, 0.15) is 5.82 Å². The molecule has 1 amide bonds. The molecule has 1 unspecified atom stereocenters. The summed E-state index contributed by atoms with van der Waals surface area (Å²) in [6.45, 7) is 7.30. The molecule has 0 N–H and O–H groups in total. The van der Waals surface area contributed by atoms with Crippen molar-refractivity contribution in [3.8, 4) is 0 Å². The highest BCUT2D eigenvalue weighted by Gasteiger charge is 2.52. The van der Waals surface area contributed by atoms with E-state index in [4.69, 9.17) is 0 Å². The van der Waals surface area contributed by atoms with Gasteiger partial charge in [-0.15, -0.1) is 6.58 Å². The van der Waals surface area contributed by atoms with Gasteiger partial charge in [0.2, 0.25) is 5.91 Å². The predicted molar refractivity (Wildman–Crippen MR) is 75.1 cm³/mol. The first-order valence-corrected chi connectivity index (χ1v) is 7.00. The molecule has 2 saturated heterocycles. The SMILES string of the molecule is C=CCC1(C)CN2CC[C@@H](c3cccc(F)c3)N2C1=O. The highest BCUT2D eigenvalue weighted by Crippen LogP contribution is 2.43. The average molecular weight is 274 g/mol. The molecule has 2 atom stereocenters. The molecule has 1 aromatic rings. The Labute approximate surface area is 118 Å². The maximum Gasteiger partial charge on any atom is 0.245 e. The van der Waals surface area contributed by atoms with Gasteiger partial charge in [-0.3, -0.25) is 9.80 Å². The maximum atomic E-state index is 13.4. The zero-order valence-corrected chi connectivity index (χ0v) is 11.7. The van der Waals surface area contributed by atoms with Crippen LogP contribution >= 0.6 is 0 Å². The maximum absolute atomic E-state index is 13.4. The van der Waals surface area contributed by atoms with E-state index in [2.05, 4.69) is 11.6 Å².